The molecule has 7 heteroatoms. The van der Waals surface area contributed by atoms with Crippen LogP contribution in [0.2, 0.25) is 0 Å². The van der Waals surface area contributed by atoms with Crippen molar-refractivity contribution in [2.24, 2.45) is 10.9 Å². The van der Waals surface area contributed by atoms with Gasteiger partial charge >= 0.3 is 0 Å². The summed E-state index contributed by atoms with van der Waals surface area (Å²) >= 11 is 0. The summed E-state index contributed by atoms with van der Waals surface area (Å²) in [6.07, 6.45) is 3.48. The predicted octanol–water partition coefficient (Wildman–Crippen LogP) is 2.95. The number of nitrogens with zero attached hydrogens (tertiary/aromatic N) is 2. The maximum absolute atomic E-state index is 12.8. The van der Waals surface area contributed by atoms with Gasteiger partial charge in [0.05, 0.1) is 19.0 Å². The summed E-state index contributed by atoms with van der Waals surface area (Å²) in [5.74, 6) is 0.190. The van der Waals surface area contributed by atoms with Crippen LogP contribution < -0.4 is 10.1 Å². The van der Waals surface area contributed by atoms with E-state index in [1.54, 1.807) is 19.1 Å². The largest absolute Gasteiger partial charge is 0.493 e. The first-order valence-corrected chi connectivity index (χ1v) is 7.99. The highest BCUT2D eigenvalue weighted by atomic mass is 19.1. The number of allylic oxidation sites excluding steroid dienone is 3. The Morgan fingerprint density at radius 1 is 1.56 bits per heavy atom. The first kappa shape index (κ1) is 18.8. The number of hydrogen-bond donors (Lipinski definition) is 1. The van der Waals surface area contributed by atoms with Gasteiger partial charge in [0.25, 0.3) is 5.91 Å². The molecule has 0 aliphatic carbocycles. The molecule has 25 heavy (non-hydrogen) atoms. The molecule has 0 aromatic carbocycles. The molecule has 1 saturated heterocycles. The van der Waals surface area contributed by atoms with Gasteiger partial charge in [-0.1, -0.05) is 0 Å². The maximum Gasteiger partial charge on any atom is 0.275 e. The van der Waals surface area contributed by atoms with Gasteiger partial charge < -0.3 is 14.8 Å². The third kappa shape index (κ3) is 6.11. The monoisotopic (exact) mass is 347 g/mol. The van der Waals surface area contributed by atoms with E-state index in [0.29, 0.717) is 30.6 Å². The molecular formula is C18H22FN3O3. The SMILES string of the molecule is C=N/C(=C\C=C(/C)F)NC(=O)c1cc(OCC2CCOC2)cc(C)n1. The van der Waals surface area contributed by atoms with Crippen LogP contribution in [0.25, 0.3) is 0 Å². The Morgan fingerprint density at radius 3 is 3.00 bits per heavy atom. The average molecular weight is 347 g/mol. The number of halogens is 1. The summed E-state index contributed by atoms with van der Waals surface area (Å²) in [6, 6.07) is 3.33. The van der Waals surface area contributed by atoms with Crippen molar-refractivity contribution in [1.82, 2.24) is 10.3 Å². The van der Waals surface area contributed by atoms with Gasteiger partial charge in [-0.05, 0) is 39.1 Å². The summed E-state index contributed by atoms with van der Waals surface area (Å²) in [7, 11) is 0. The minimum Gasteiger partial charge on any atom is -0.493 e. The van der Waals surface area contributed by atoms with E-state index in [1.807, 2.05) is 0 Å². The molecule has 1 aliphatic heterocycles. The number of ether oxygens (including phenoxy) is 2. The summed E-state index contributed by atoms with van der Waals surface area (Å²) < 4.78 is 23.9. The smallest absolute Gasteiger partial charge is 0.275 e. The molecule has 0 bridgehead atoms. The number of hydrogen-bond acceptors (Lipinski definition) is 5. The lowest BCUT2D eigenvalue weighted by atomic mass is 10.1. The minimum absolute atomic E-state index is 0.135. The highest BCUT2D eigenvalue weighted by molar-refractivity contribution is 5.93. The van der Waals surface area contributed by atoms with Crippen LogP contribution in [0.4, 0.5) is 4.39 Å². The van der Waals surface area contributed by atoms with Gasteiger partial charge in [0, 0.05) is 30.4 Å². The Balaban J connectivity index is 2.06. The second-order valence-electron chi connectivity index (χ2n) is 5.79. The molecule has 1 aromatic rings. The van der Waals surface area contributed by atoms with Gasteiger partial charge in [-0.3, -0.25) is 4.79 Å². The van der Waals surface area contributed by atoms with Crippen molar-refractivity contribution in [2.45, 2.75) is 20.3 Å². The fourth-order valence-electron chi connectivity index (χ4n) is 2.27. The van der Waals surface area contributed by atoms with Crippen molar-refractivity contribution in [1.29, 1.82) is 0 Å². The zero-order valence-corrected chi connectivity index (χ0v) is 14.4. The van der Waals surface area contributed by atoms with Crippen LogP contribution in [-0.2, 0) is 4.74 Å². The Labute approximate surface area is 146 Å². The standard InChI is InChI=1S/C18H22FN3O3/c1-12(19)4-5-17(20-3)22-18(23)16-9-15(8-13(2)21-16)25-11-14-6-7-24-10-14/h4-5,8-9,14H,3,6-7,10-11H2,1-2H3,(H,22,23)/b12-4+,17-5+. The van der Waals surface area contributed by atoms with E-state index >= 15 is 0 Å². The highest BCUT2D eigenvalue weighted by Gasteiger charge is 2.17. The van der Waals surface area contributed by atoms with Crippen LogP contribution in [0.1, 0.15) is 29.5 Å². The lowest BCUT2D eigenvalue weighted by Crippen LogP contribution is -2.23. The van der Waals surface area contributed by atoms with Gasteiger partial charge in [0.1, 0.15) is 17.3 Å². The number of aromatic nitrogens is 1. The number of carbonyl (C=O) groups excluding carboxylic acids is 1. The number of amides is 1. The second-order valence-corrected chi connectivity index (χ2v) is 5.79. The third-order valence-electron chi connectivity index (χ3n) is 3.55. The van der Waals surface area contributed by atoms with Gasteiger partial charge in [0.15, 0.2) is 0 Å². The fraction of sp³-hybridized carbons (Fsp3) is 0.389. The molecule has 1 unspecified atom stereocenters. The molecule has 6 nitrogen and oxygen atoms in total. The zero-order valence-electron chi connectivity index (χ0n) is 14.4. The number of aliphatic imine (C=N–C) groups is 1. The van der Waals surface area contributed by atoms with Gasteiger partial charge in [-0.25, -0.2) is 14.4 Å². The van der Waals surface area contributed by atoms with Crippen LogP contribution in [0.3, 0.4) is 0 Å². The Bertz CT molecular complexity index is 691. The molecule has 1 N–H and O–H groups in total. The first-order chi connectivity index (χ1) is 12.0. The number of aryl methyl sites for hydroxylation is 1. The minimum atomic E-state index is -0.471. The highest BCUT2D eigenvalue weighted by Crippen LogP contribution is 2.18. The summed E-state index contributed by atoms with van der Waals surface area (Å²) in [4.78, 5) is 20.2. The molecule has 1 amide bonds. The molecule has 0 saturated carbocycles. The van der Waals surface area contributed by atoms with Crippen molar-refractivity contribution in [2.75, 3.05) is 19.8 Å². The number of nitrogens with one attached hydrogen (secondary N) is 1. The fourth-order valence-corrected chi connectivity index (χ4v) is 2.27. The quantitative estimate of drug-likeness (QED) is 0.608. The number of pyridine rings is 1. The topological polar surface area (TPSA) is 72.8 Å². The first-order valence-electron chi connectivity index (χ1n) is 7.99. The molecule has 2 heterocycles. The van der Waals surface area contributed by atoms with E-state index in [9.17, 15) is 9.18 Å². The van der Waals surface area contributed by atoms with Crippen molar-refractivity contribution < 1.29 is 18.7 Å². The van der Waals surface area contributed by atoms with Crippen molar-refractivity contribution in [3.8, 4) is 5.75 Å². The molecule has 1 fully saturated rings. The molecular weight excluding hydrogens is 325 g/mol. The number of rotatable bonds is 7. The molecule has 0 spiro atoms. The lowest BCUT2D eigenvalue weighted by Gasteiger charge is -2.12. The Hall–Kier alpha value is -2.54. The zero-order chi connectivity index (χ0) is 18.2. The summed E-state index contributed by atoms with van der Waals surface area (Å²) in [6.45, 7) is 8.40. The molecule has 1 aromatic heterocycles. The van der Waals surface area contributed by atoms with Crippen LogP contribution in [0, 0.1) is 12.8 Å². The number of carbonyl (C=O) groups is 1. The lowest BCUT2D eigenvalue weighted by molar-refractivity contribution is 0.0959. The van der Waals surface area contributed by atoms with Crippen LogP contribution >= 0.6 is 0 Å². The molecule has 0 radical (unpaired) electrons. The van der Waals surface area contributed by atoms with Crippen molar-refractivity contribution >= 4 is 12.6 Å². The van der Waals surface area contributed by atoms with E-state index in [2.05, 4.69) is 22.0 Å². The second kappa shape index (κ2) is 9.08. The normalized spacial score (nSPS) is 18.1. The molecule has 134 valence electrons. The molecule has 1 aliphatic rings. The van der Waals surface area contributed by atoms with Gasteiger partial charge in [0.2, 0.25) is 0 Å². The Morgan fingerprint density at radius 2 is 2.36 bits per heavy atom. The average Bonchev–Trinajstić information content (AvgIpc) is 3.09. The van der Waals surface area contributed by atoms with Crippen molar-refractivity contribution in [3.63, 3.8) is 0 Å². The van der Waals surface area contributed by atoms with E-state index in [4.69, 9.17) is 9.47 Å². The summed E-state index contributed by atoms with van der Waals surface area (Å²) in [5, 5.41) is 2.53. The Kier molecular flexibility index (Phi) is 6.82. The van der Waals surface area contributed by atoms with Crippen LogP contribution in [0.15, 0.2) is 40.9 Å². The third-order valence-corrected chi connectivity index (χ3v) is 3.55. The van der Waals surface area contributed by atoms with Gasteiger partial charge in [-0.2, -0.15) is 0 Å². The summed E-state index contributed by atoms with van der Waals surface area (Å²) in [5.41, 5.74) is 0.843. The van der Waals surface area contributed by atoms with Gasteiger partial charge in [-0.15, -0.1) is 0 Å². The van der Waals surface area contributed by atoms with Crippen molar-refractivity contribution in [3.05, 3.63) is 47.3 Å². The molecule has 2 rings (SSSR count). The van der Waals surface area contributed by atoms with E-state index in [0.717, 1.165) is 13.0 Å². The van der Waals surface area contributed by atoms with E-state index in [-0.39, 0.29) is 11.5 Å². The molecule has 1 atom stereocenters. The van der Waals surface area contributed by atoms with E-state index in [1.165, 1.54) is 19.1 Å². The van der Waals surface area contributed by atoms with Crippen LogP contribution in [0.5, 0.6) is 5.75 Å². The van der Waals surface area contributed by atoms with Crippen LogP contribution in [-0.4, -0.2) is 37.4 Å². The van der Waals surface area contributed by atoms with E-state index < -0.39 is 11.7 Å². The maximum atomic E-state index is 12.8. The predicted molar refractivity (Wildman–Crippen MR) is 93.4 cm³/mol.